The fraction of sp³-hybridized carbons (Fsp3) is 0.800. The van der Waals surface area contributed by atoms with E-state index in [9.17, 15) is 4.79 Å². The summed E-state index contributed by atoms with van der Waals surface area (Å²) in [4.78, 5) is 10.2. The van der Waals surface area contributed by atoms with Crippen molar-refractivity contribution in [1.82, 2.24) is 0 Å². The molecule has 0 bridgehead atoms. The number of carboxylic acids is 1. The van der Waals surface area contributed by atoms with Crippen molar-refractivity contribution >= 4 is 5.97 Å². The maximum Gasteiger partial charge on any atom is 0.338 e. The molecule has 0 heterocycles. The highest BCUT2D eigenvalue weighted by Crippen LogP contribution is 2.00. The zero-order valence-corrected chi connectivity index (χ0v) is 5.42. The molecule has 0 radical (unpaired) electrons. The highest BCUT2D eigenvalue weighted by Gasteiger charge is 2.26. The van der Waals surface area contributed by atoms with Crippen molar-refractivity contribution in [2.24, 2.45) is 11.5 Å². The van der Waals surface area contributed by atoms with Crippen LogP contribution in [0.5, 0.6) is 0 Å². The molecule has 5 N–H and O–H groups in total. The first kappa shape index (κ1) is 8.39. The van der Waals surface area contributed by atoms with Crippen LogP contribution in [-0.2, 0) is 4.79 Å². The van der Waals surface area contributed by atoms with E-state index in [-0.39, 0.29) is 0 Å². The normalized spacial score (nSPS) is 11.4. The summed E-state index contributed by atoms with van der Waals surface area (Å²) in [6.45, 7) is 1.83. The van der Waals surface area contributed by atoms with Crippen molar-refractivity contribution in [3.05, 3.63) is 0 Å². The molecule has 0 aromatic heterocycles. The summed E-state index contributed by atoms with van der Waals surface area (Å²) in [5.74, 6) is -1.15. The summed E-state index contributed by atoms with van der Waals surface area (Å²) in [6.07, 6.45) is 0.988. The Balaban J connectivity index is 3.85. The van der Waals surface area contributed by atoms with Gasteiger partial charge in [-0.25, -0.2) is 4.79 Å². The number of rotatable bonds is 3. The molecule has 0 unspecified atom stereocenters. The lowest BCUT2D eigenvalue weighted by molar-refractivity contribution is -0.143. The van der Waals surface area contributed by atoms with Crippen LogP contribution in [0.2, 0.25) is 0 Å². The van der Waals surface area contributed by atoms with E-state index in [1.54, 1.807) is 0 Å². The molecule has 0 aromatic rings. The van der Waals surface area contributed by atoms with E-state index in [0.717, 1.165) is 0 Å². The first-order valence-electron chi connectivity index (χ1n) is 2.82. The molecule has 54 valence electrons. The summed E-state index contributed by atoms with van der Waals surface area (Å²) in [5, 5.41) is 8.32. The van der Waals surface area contributed by atoms with E-state index in [1.807, 2.05) is 6.92 Å². The first-order chi connectivity index (χ1) is 4.00. The smallest absolute Gasteiger partial charge is 0.338 e. The van der Waals surface area contributed by atoms with Crippen LogP contribution in [0.15, 0.2) is 0 Å². The minimum atomic E-state index is -1.53. The van der Waals surface area contributed by atoms with Crippen LogP contribution >= 0.6 is 0 Å². The van der Waals surface area contributed by atoms with Crippen LogP contribution in [0.3, 0.4) is 0 Å². The third-order valence-electron chi connectivity index (χ3n) is 1.06. The second-order valence-corrected chi connectivity index (χ2v) is 2.10. The van der Waals surface area contributed by atoms with E-state index >= 15 is 0 Å². The van der Waals surface area contributed by atoms with Gasteiger partial charge in [-0.05, 0) is 6.42 Å². The minimum Gasteiger partial charge on any atom is -0.479 e. The molecule has 9 heavy (non-hydrogen) atoms. The first-order valence-corrected chi connectivity index (χ1v) is 2.82. The van der Waals surface area contributed by atoms with Crippen molar-refractivity contribution in [3.8, 4) is 0 Å². The van der Waals surface area contributed by atoms with Gasteiger partial charge < -0.3 is 16.6 Å². The summed E-state index contributed by atoms with van der Waals surface area (Å²) >= 11 is 0. The predicted molar refractivity (Wildman–Crippen MR) is 33.6 cm³/mol. The largest absolute Gasteiger partial charge is 0.479 e. The molecule has 0 atom stereocenters. The molecule has 0 aliphatic rings. The highest BCUT2D eigenvalue weighted by molar-refractivity contribution is 5.77. The molecule has 4 heteroatoms. The van der Waals surface area contributed by atoms with Crippen LogP contribution in [0.25, 0.3) is 0 Å². The van der Waals surface area contributed by atoms with Gasteiger partial charge in [0.05, 0.1) is 0 Å². The third kappa shape index (κ3) is 2.43. The van der Waals surface area contributed by atoms with Gasteiger partial charge >= 0.3 is 5.97 Å². The Morgan fingerprint density at radius 3 is 2.22 bits per heavy atom. The standard InChI is InChI=1S/C5H12N2O2/c1-2-3-5(6,7)4(8)9/h2-3,6-7H2,1H3,(H,8,9). The maximum atomic E-state index is 10.2. The molecule has 4 nitrogen and oxygen atoms in total. The van der Waals surface area contributed by atoms with Crippen molar-refractivity contribution in [3.63, 3.8) is 0 Å². The van der Waals surface area contributed by atoms with Crippen LogP contribution < -0.4 is 11.5 Å². The van der Waals surface area contributed by atoms with Crippen LogP contribution in [0.4, 0.5) is 0 Å². The topological polar surface area (TPSA) is 89.3 Å². The Labute approximate surface area is 53.8 Å². The van der Waals surface area contributed by atoms with Crippen molar-refractivity contribution in [2.75, 3.05) is 0 Å². The molecule has 0 saturated carbocycles. The maximum absolute atomic E-state index is 10.2. The Morgan fingerprint density at radius 2 is 2.11 bits per heavy atom. The molecule has 0 amide bonds. The Bertz CT molecular complexity index is 112. The van der Waals surface area contributed by atoms with Crippen LogP contribution in [0.1, 0.15) is 19.8 Å². The quantitative estimate of drug-likeness (QED) is 0.451. The van der Waals surface area contributed by atoms with Gasteiger partial charge in [-0.15, -0.1) is 0 Å². The van der Waals surface area contributed by atoms with Gasteiger partial charge in [0, 0.05) is 0 Å². The fourth-order valence-electron chi connectivity index (χ4n) is 0.521. The molecule has 0 aliphatic carbocycles. The molecular weight excluding hydrogens is 120 g/mol. The number of aliphatic carboxylic acids is 1. The van der Waals surface area contributed by atoms with E-state index in [2.05, 4.69) is 0 Å². The zero-order chi connectivity index (χ0) is 7.49. The lowest BCUT2D eigenvalue weighted by Gasteiger charge is -2.16. The second kappa shape index (κ2) is 2.80. The van der Waals surface area contributed by atoms with Gasteiger partial charge in [-0.1, -0.05) is 13.3 Å². The van der Waals surface area contributed by atoms with Crippen LogP contribution in [-0.4, -0.2) is 16.7 Å². The van der Waals surface area contributed by atoms with E-state index < -0.39 is 11.6 Å². The summed E-state index contributed by atoms with van der Waals surface area (Å²) < 4.78 is 0. The molecule has 0 aliphatic heterocycles. The van der Waals surface area contributed by atoms with Gasteiger partial charge in [-0.2, -0.15) is 0 Å². The lowest BCUT2D eigenvalue weighted by Crippen LogP contribution is -2.56. The summed E-state index contributed by atoms with van der Waals surface area (Å²) in [6, 6.07) is 0. The number of nitrogens with two attached hydrogens (primary N) is 2. The Kier molecular flexibility index (Phi) is 2.61. The van der Waals surface area contributed by atoms with Gasteiger partial charge in [-0.3, -0.25) is 0 Å². The minimum absolute atomic E-state index is 0.308. The number of carboxylic acid groups (broad SMARTS) is 1. The molecule has 0 saturated heterocycles. The molecular formula is C5H12N2O2. The lowest BCUT2D eigenvalue weighted by atomic mass is 10.1. The average Bonchev–Trinajstić information content (AvgIpc) is 1.65. The molecule has 0 aromatic carbocycles. The molecule has 0 spiro atoms. The van der Waals surface area contributed by atoms with E-state index in [0.29, 0.717) is 12.8 Å². The van der Waals surface area contributed by atoms with Gasteiger partial charge in [0.25, 0.3) is 0 Å². The van der Waals surface area contributed by atoms with Crippen LogP contribution in [0, 0.1) is 0 Å². The van der Waals surface area contributed by atoms with Gasteiger partial charge in [0.1, 0.15) is 0 Å². The highest BCUT2D eigenvalue weighted by atomic mass is 16.4. The fourth-order valence-corrected chi connectivity index (χ4v) is 0.521. The number of hydrogen-bond donors (Lipinski definition) is 3. The van der Waals surface area contributed by atoms with Crippen molar-refractivity contribution < 1.29 is 9.90 Å². The zero-order valence-electron chi connectivity index (χ0n) is 5.42. The van der Waals surface area contributed by atoms with Crippen molar-refractivity contribution in [2.45, 2.75) is 25.4 Å². The van der Waals surface area contributed by atoms with Gasteiger partial charge in [0.2, 0.25) is 0 Å². The summed E-state index contributed by atoms with van der Waals surface area (Å²) in [7, 11) is 0. The van der Waals surface area contributed by atoms with E-state index in [4.69, 9.17) is 16.6 Å². The third-order valence-corrected chi connectivity index (χ3v) is 1.06. The monoisotopic (exact) mass is 132 g/mol. The number of hydrogen-bond acceptors (Lipinski definition) is 3. The predicted octanol–water partition coefficient (Wildman–Crippen LogP) is -0.515. The van der Waals surface area contributed by atoms with Gasteiger partial charge in [0.15, 0.2) is 5.66 Å². The molecule has 0 fully saturated rings. The van der Waals surface area contributed by atoms with E-state index in [1.165, 1.54) is 0 Å². The SMILES string of the molecule is CCCC(N)(N)C(=O)O. The molecule has 0 rings (SSSR count). The van der Waals surface area contributed by atoms with Crippen molar-refractivity contribution in [1.29, 1.82) is 0 Å². The Morgan fingerprint density at radius 1 is 1.67 bits per heavy atom. The Hall–Kier alpha value is -0.610. The average molecular weight is 132 g/mol. The second-order valence-electron chi connectivity index (χ2n) is 2.10. The summed E-state index contributed by atoms with van der Waals surface area (Å²) in [5.41, 5.74) is 8.76. The number of carbonyl (C=O) groups is 1.